The van der Waals surface area contributed by atoms with Crippen LogP contribution in [0.2, 0.25) is 0 Å². The SMILES string of the molecule is CCCCC(CC)COC(=O)c1ccc(Nc2nc(Nc3ccc(C(=O)OCC(CC)CCCC)cc3)nc(N(C(=O)NC(C)(C)C)c3ccccc3)n2)cc1. The van der Waals surface area contributed by atoms with E-state index in [0.29, 0.717) is 53.2 Å². The Morgan fingerprint density at radius 1 is 0.643 bits per heavy atom. The lowest BCUT2D eigenvalue weighted by atomic mass is 10.0. The Morgan fingerprint density at radius 3 is 1.48 bits per heavy atom. The van der Waals surface area contributed by atoms with Crippen molar-refractivity contribution in [1.82, 2.24) is 20.3 Å². The van der Waals surface area contributed by atoms with Crippen LogP contribution >= 0.6 is 0 Å². The van der Waals surface area contributed by atoms with Crippen molar-refractivity contribution in [2.24, 2.45) is 11.8 Å². The largest absolute Gasteiger partial charge is 0.462 e. The number of urea groups is 1. The van der Waals surface area contributed by atoms with Crippen molar-refractivity contribution in [2.45, 2.75) is 105 Å². The minimum Gasteiger partial charge on any atom is -0.462 e. The monoisotopic (exact) mass is 765 g/mol. The van der Waals surface area contributed by atoms with Crippen LogP contribution in [0.1, 0.15) is 121 Å². The third-order valence-corrected chi connectivity index (χ3v) is 9.26. The number of carbonyl (C=O) groups excluding carboxylic acids is 3. The summed E-state index contributed by atoms with van der Waals surface area (Å²) in [4.78, 5) is 54.9. The number of anilines is 6. The molecule has 0 saturated carbocycles. The van der Waals surface area contributed by atoms with Gasteiger partial charge in [0, 0.05) is 16.9 Å². The fourth-order valence-electron chi connectivity index (χ4n) is 5.84. The minimum atomic E-state index is -0.551. The van der Waals surface area contributed by atoms with Gasteiger partial charge in [-0.1, -0.05) is 84.4 Å². The summed E-state index contributed by atoms with van der Waals surface area (Å²) in [6.45, 7) is 15.0. The third kappa shape index (κ3) is 13.6. The molecule has 0 fully saturated rings. The molecule has 1 heterocycles. The van der Waals surface area contributed by atoms with Gasteiger partial charge in [-0.15, -0.1) is 0 Å². The zero-order valence-electron chi connectivity index (χ0n) is 34.1. The van der Waals surface area contributed by atoms with Crippen LogP contribution in [0, 0.1) is 11.8 Å². The highest BCUT2D eigenvalue weighted by atomic mass is 16.5. The summed E-state index contributed by atoms with van der Waals surface area (Å²) in [5, 5.41) is 9.41. The number of carbonyl (C=O) groups is 3. The molecular formula is C44H59N7O5. The smallest absolute Gasteiger partial charge is 0.338 e. The predicted molar refractivity (Wildman–Crippen MR) is 223 cm³/mol. The molecule has 0 aliphatic heterocycles. The highest BCUT2D eigenvalue weighted by Crippen LogP contribution is 2.27. The maximum Gasteiger partial charge on any atom is 0.338 e. The fraction of sp³-hybridized carbons (Fsp3) is 0.455. The molecule has 4 rings (SSSR count). The summed E-state index contributed by atoms with van der Waals surface area (Å²) in [7, 11) is 0. The number of benzene rings is 3. The Bertz CT molecular complexity index is 1730. The van der Waals surface area contributed by atoms with Gasteiger partial charge in [-0.25, -0.2) is 19.3 Å². The third-order valence-electron chi connectivity index (χ3n) is 9.26. The first-order valence-corrected chi connectivity index (χ1v) is 19.9. The summed E-state index contributed by atoms with van der Waals surface area (Å²) >= 11 is 0. The van der Waals surface area contributed by atoms with Gasteiger partial charge in [0.15, 0.2) is 0 Å². The number of nitrogens with one attached hydrogen (secondary N) is 3. The van der Waals surface area contributed by atoms with Crippen molar-refractivity contribution < 1.29 is 23.9 Å². The quantitative estimate of drug-likeness (QED) is 0.0742. The van der Waals surface area contributed by atoms with Crippen molar-refractivity contribution in [2.75, 3.05) is 28.7 Å². The molecule has 3 aromatic carbocycles. The van der Waals surface area contributed by atoms with E-state index in [1.54, 1.807) is 60.7 Å². The lowest BCUT2D eigenvalue weighted by molar-refractivity contribution is 0.0419. The van der Waals surface area contributed by atoms with Gasteiger partial charge in [-0.05, 0) is 106 Å². The maximum atomic E-state index is 13.8. The molecule has 12 heteroatoms. The molecule has 3 N–H and O–H groups in total. The molecule has 4 aromatic rings. The van der Waals surface area contributed by atoms with E-state index in [4.69, 9.17) is 9.47 Å². The molecule has 2 atom stereocenters. The molecule has 12 nitrogen and oxygen atoms in total. The Balaban J connectivity index is 1.60. The number of hydrogen-bond acceptors (Lipinski definition) is 10. The molecule has 0 spiro atoms. The van der Waals surface area contributed by atoms with E-state index in [-0.39, 0.29) is 29.8 Å². The van der Waals surface area contributed by atoms with Crippen molar-refractivity contribution in [3.63, 3.8) is 0 Å². The first-order valence-electron chi connectivity index (χ1n) is 19.9. The Hall–Kier alpha value is -5.52. The molecule has 0 aliphatic carbocycles. The second-order valence-corrected chi connectivity index (χ2v) is 15.1. The zero-order valence-corrected chi connectivity index (χ0v) is 34.1. The molecule has 2 unspecified atom stereocenters. The summed E-state index contributed by atoms with van der Waals surface area (Å²) < 4.78 is 11.3. The van der Waals surface area contributed by atoms with Gasteiger partial charge in [0.25, 0.3) is 0 Å². The second-order valence-electron chi connectivity index (χ2n) is 15.1. The van der Waals surface area contributed by atoms with E-state index >= 15 is 0 Å². The topological polar surface area (TPSA) is 148 Å². The number of amides is 2. The van der Waals surface area contributed by atoms with Crippen LogP contribution in [0.5, 0.6) is 0 Å². The van der Waals surface area contributed by atoms with E-state index in [1.807, 2.05) is 39.0 Å². The van der Waals surface area contributed by atoms with Crippen molar-refractivity contribution in [1.29, 1.82) is 0 Å². The van der Waals surface area contributed by atoms with Gasteiger partial charge < -0.3 is 25.4 Å². The second kappa shape index (κ2) is 21.5. The molecule has 0 saturated heterocycles. The van der Waals surface area contributed by atoms with Gasteiger partial charge in [-0.2, -0.15) is 15.0 Å². The molecule has 0 aliphatic rings. The molecule has 1 aromatic heterocycles. The maximum absolute atomic E-state index is 13.8. The number of nitrogens with zero attached hydrogens (tertiary/aromatic N) is 4. The van der Waals surface area contributed by atoms with Gasteiger partial charge in [0.1, 0.15) is 0 Å². The Labute approximate surface area is 332 Å². The highest BCUT2D eigenvalue weighted by molar-refractivity contribution is 5.98. The van der Waals surface area contributed by atoms with Crippen LogP contribution in [0.15, 0.2) is 78.9 Å². The van der Waals surface area contributed by atoms with Crippen molar-refractivity contribution >= 4 is 52.9 Å². The lowest BCUT2D eigenvalue weighted by Crippen LogP contribution is -2.47. The summed E-state index contributed by atoms with van der Waals surface area (Å²) in [5.74, 6) is 0.283. The number of esters is 2. The van der Waals surface area contributed by atoms with Crippen LogP contribution in [-0.2, 0) is 9.47 Å². The number of hydrogen-bond donors (Lipinski definition) is 3. The lowest BCUT2D eigenvalue weighted by Gasteiger charge is -2.27. The van der Waals surface area contributed by atoms with Crippen LogP contribution < -0.4 is 20.9 Å². The van der Waals surface area contributed by atoms with Crippen molar-refractivity contribution in [3.05, 3.63) is 90.0 Å². The minimum absolute atomic E-state index is 0.0560. The van der Waals surface area contributed by atoms with Crippen molar-refractivity contribution in [3.8, 4) is 0 Å². The zero-order chi connectivity index (χ0) is 40.5. The van der Waals surface area contributed by atoms with Crippen LogP contribution in [-0.4, -0.2) is 51.7 Å². The summed E-state index contributed by atoms with van der Waals surface area (Å²) in [6.07, 6.45) is 8.42. The molecule has 0 radical (unpaired) electrons. The number of rotatable bonds is 20. The van der Waals surface area contributed by atoms with Crippen LogP contribution in [0.3, 0.4) is 0 Å². The predicted octanol–water partition coefficient (Wildman–Crippen LogP) is 10.8. The highest BCUT2D eigenvalue weighted by Gasteiger charge is 2.26. The van der Waals surface area contributed by atoms with Crippen LogP contribution in [0.25, 0.3) is 0 Å². The number of para-hydroxylation sites is 1. The van der Waals surface area contributed by atoms with Crippen LogP contribution in [0.4, 0.5) is 39.7 Å². The number of unbranched alkanes of at least 4 members (excludes halogenated alkanes) is 2. The van der Waals surface area contributed by atoms with Gasteiger partial charge in [-0.3, -0.25) is 0 Å². The molecule has 300 valence electrons. The number of ether oxygens (including phenoxy) is 2. The summed E-state index contributed by atoms with van der Waals surface area (Å²) in [6, 6.07) is 22.4. The number of aromatic nitrogens is 3. The molecule has 0 bridgehead atoms. The normalized spacial score (nSPS) is 12.3. The van der Waals surface area contributed by atoms with E-state index in [2.05, 4.69) is 58.6 Å². The molecule has 56 heavy (non-hydrogen) atoms. The van der Waals surface area contributed by atoms with Gasteiger partial charge >= 0.3 is 18.0 Å². The van der Waals surface area contributed by atoms with E-state index in [1.165, 1.54) is 4.90 Å². The van der Waals surface area contributed by atoms with Gasteiger partial charge in [0.05, 0.1) is 30.0 Å². The Kier molecular flexibility index (Phi) is 16.6. The van der Waals surface area contributed by atoms with Gasteiger partial charge in [0.2, 0.25) is 17.8 Å². The molecular weight excluding hydrogens is 707 g/mol. The average Bonchev–Trinajstić information content (AvgIpc) is 3.18. The molecule has 2 amide bonds. The van der Waals surface area contributed by atoms with E-state index in [0.717, 1.165) is 51.4 Å². The Morgan fingerprint density at radius 2 is 1.09 bits per heavy atom. The summed E-state index contributed by atoms with van der Waals surface area (Å²) in [5.41, 5.74) is 2.07. The standard InChI is InChI=1S/C44H59N7O5/c1-8-12-17-31(10-3)29-55-38(52)33-21-25-35(26-22-33)45-40-47-41(46-36-27-23-34(24-28-36)39(53)56-30-32(11-4)18-13-9-2)49-42(48-40)51(37-19-15-14-16-20-37)43(54)50-44(5,6)7/h14-16,19-28,31-32H,8-13,17-18,29-30H2,1-7H3,(H,50,54)(H2,45,46,47,48,49). The average molecular weight is 766 g/mol. The first-order chi connectivity index (χ1) is 26.9. The van der Waals surface area contributed by atoms with E-state index < -0.39 is 11.6 Å². The fourth-order valence-corrected chi connectivity index (χ4v) is 5.84. The van der Waals surface area contributed by atoms with E-state index in [9.17, 15) is 14.4 Å². The first kappa shape index (κ1) is 43.2.